The average molecular weight is 477 g/mol. The molecule has 1 atom stereocenters. The molecule has 2 heterocycles. The summed E-state index contributed by atoms with van der Waals surface area (Å²) < 4.78 is 15.7. The number of methoxy groups -OCH3 is 2. The topological polar surface area (TPSA) is 106 Å². The Morgan fingerprint density at radius 2 is 1.89 bits per heavy atom. The van der Waals surface area contributed by atoms with Crippen molar-refractivity contribution in [1.82, 2.24) is 10.2 Å². The Morgan fingerprint density at radius 1 is 1.11 bits per heavy atom. The normalized spacial score (nSPS) is 15.5. The molecule has 0 bridgehead atoms. The van der Waals surface area contributed by atoms with Crippen molar-refractivity contribution in [3.63, 3.8) is 0 Å². The van der Waals surface area contributed by atoms with Crippen LogP contribution in [0.15, 0.2) is 64.4 Å². The number of amides is 2. The molecular weight excluding hydrogens is 448 g/mol. The predicted octanol–water partition coefficient (Wildman–Crippen LogP) is 4.15. The molecule has 0 fully saturated rings. The van der Waals surface area contributed by atoms with E-state index in [0.29, 0.717) is 36.6 Å². The van der Waals surface area contributed by atoms with Gasteiger partial charge in [0, 0.05) is 36.2 Å². The van der Waals surface area contributed by atoms with Gasteiger partial charge >= 0.3 is 0 Å². The van der Waals surface area contributed by atoms with Crippen molar-refractivity contribution in [2.24, 2.45) is 11.0 Å². The van der Waals surface area contributed by atoms with E-state index in [-0.39, 0.29) is 23.5 Å². The zero-order valence-electron chi connectivity index (χ0n) is 20.0. The zero-order valence-corrected chi connectivity index (χ0v) is 20.0. The summed E-state index contributed by atoms with van der Waals surface area (Å²) in [5, 5.41) is 12.6. The Bertz CT molecular complexity index is 1200. The second-order valence-corrected chi connectivity index (χ2v) is 8.16. The van der Waals surface area contributed by atoms with Crippen LogP contribution in [0.2, 0.25) is 0 Å². The van der Waals surface area contributed by atoms with Crippen molar-refractivity contribution >= 4 is 23.2 Å². The van der Waals surface area contributed by atoms with Gasteiger partial charge in [-0.2, -0.15) is 5.10 Å². The van der Waals surface area contributed by atoms with Crippen LogP contribution >= 0.6 is 0 Å². The summed E-state index contributed by atoms with van der Waals surface area (Å²) >= 11 is 0. The second-order valence-electron chi connectivity index (χ2n) is 8.16. The Hall–Kier alpha value is -4.14. The highest BCUT2D eigenvalue weighted by Crippen LogP contribution is 2.31. The number of benzene rings is 2. The van der Waals surface area contributed by atoms with Crippen LogP contribution in [0, 0.1) is 5.92 Å². The minimum absolute atomic E-state index is 0.0111. The summed E-state index contributed by atoms with van der Waals surface area (Å²) in [6.45, 7) is 2.52. The van der Waals surface area contributed by atoms with E-state index in [1.54, 1.807) is 19.2 Å². The lowest BCUT2D eigenvalue weighted by Crippen LogP contribution is -2.38. The summed E-state index contributed by atoms with van der Waals surface area (Å²) in [4.78, 5) is 24.9. The first-order valence-electron chi connectivity index (χ1n) is 11.4. The SMILES string of the molecule is CCC1CC(=O)N(CCc2ccc(NC(=O)c3ccno3)cc2)N=C1c1ccc(OC)c(OC)c1. The van der Waals surface area contributed by atoms with Gasteiger partial charge in [0.1, 0.15) is 0 Å². The molecule has 0 saturated heterocycles. The fraction of sp³-hybridized carbons (Fsp3) is 0.308. The number of nitrogens with one attached hydrogen (secondary N) is 1. The number of rotatable bonds is 9. The number of carbonyl (C=O) groups excluding carboxylic acids is 2. The molecule has 9 nitrogen and oxygen atoms in total. The number of carbonyl (C=O) groups is 2. The monoisotopic (exact) mass is 476 g/mol. The third-order valence-electron chi connectivity index (χ3n) is 5.98. The molecule has 2 aromatic carbocycles. The molecule has 1 unspecified atom stereocenters. The number of ether oxygens (including phenoxy) is 2. The Morgan fingerprint density at radius 3 is 2.54 bits per heavy atom. The Kier molecular flexibility index (Phi) is 7.45. The molecule has 0 spiro atoms. The van der Waals surface area contributed by atoms with Gasteiger partial charge in [0.2, 0.25) is 11.7 Å². The quantitative estimate of drug-likeness (QED) is 0.497. The molecule has 35 heavy (non-hydrogen) atoms. The maximum absolute atomic E-state index is 12.8. The molecule has 3 aromatic rings. The highest BCUT2D eigenvalue weighted by Gasteiger charge is 2.29. The van der Waals surface area contributed by atoms with Gasteiger partial charge in [-0.3, -0.25) is 9.59 Å². The molecule has 0 radical (unpaired) electrons. The van der Waals surface area contributed by atoms with Crippen LogP contribution in [-0.2, 0) is 11.2 Å². The lowest BCUT2D eigenvalue weighted by molar-refractivity contribution is -0.132. The molecule has 182 valence electrons. The molecule has 4 rings (SSSR count). The number of anilines is 1. The standard InChI is InChI=1S/C26H28N4O5/c1-4-18-16-24(31)30(29-25(18)19-7-10-21(33-2)23(15-19)34-3)14-12-17-5-8-20(9-6-17)28-26(32)22-11-13-27-35-22/h5-11,13,15,18H,4,12,14,16H2,1-3H3,(H,28,32). The first kappa shape index (κ1) is 24.0. The van der Waals surface area contributed by atoms with Gasteiger partial charge in [0.15, 0.2) is 11.5 Å². The van der Waals surface area contributed by atoms with E-state index in [0.717, 1.165) is 23.3 Å². The number of hydrogen-bond donors (Lipinski definition) is 1. The van der Waals surface area contributed by atoms with Gasteiger partial charge in [-0.25, -0.2) is 5.01 Å². The number of aromatic nitrogens is 1. The van der Waals surface area contributed by atoms with Crippen LogP contribution in [0.25, 0.3) is 0 Å². The van der Waals surface area contributed by atoms with Crippen molar-refractivity contribution in [2.45, 2.75) is 26.2 Å². The maximum Gasteiger partial charge on any atom is 0.294 e. The predicted molar refractivity (Wildman–Crippen MR) is 131 cm³/mol. The minimum Gasteiger partial charge on any atom is -0.493 e. The maximum atomic E-state index is 12.8. The Labute approximate surface area is 203 Å². The van der Waals surface area contributed by atoms with E-state index < -0.39 is 0 Å². The lowest BCUT2D eigenvalue weighted by Gasteiger charge is -2.29. The van der Waals surface area contributed by atoms with E-state index in [1.165, 1.54) is 12.3 Å². The second kappa shape index (κ2) is 10.9. The summed E-state index contributed by atoms with van der Waals surface area (Å²) in [5.41, 5.74) is 3.46. The van der Waals surface area contributed by atoms with E-state index in [1.807, 2.05) is 42.5 Å². The van der Waals surface area contributed by atoms with Gasteiger partial charge in [-0.15, -0.1) is 0 Å². The van der Waals surface area contributed by atoms with Gasteiger partial charge < -0.3 is 19.3 Å². The zero-order chi connectivity index (χ0) is 24.8. The summed E-state index contributed by atoms with van der Waals surface area (Å²) in [7, 11) is 3.20. The van der Waals surface area contributed by atoms with Crippen LogP contribution in [0.4, 0.5) is 5.69 Å². The van der Waals surface area contributed by atoms with Gasteiger partial charge in [-0.05, 0) is 48.7 Å². The fourth-order valence-corrected chi connectivity index (χ4v) is 4.00. The molecule has 9 heteroatoms. The van der Waals surface area contributed by atoms with Crippen molar-refractivity contribution in [2.75, 3.05) is 26.1 Å². The van der Waals surface area contributed by atoms with E-state index in [4.69, 9.17) is 19.1 Å². The molecular formula is C26H28N4O5. The minimum atomic E-state index is -0.364. The highest BCUT2D eigenvalue weighted by atomic mass is 16.5. The number of hydrogen-bond acceptors (Lipinski definition) is 7. The molecule has 0 saturated carbocycles. The fourth-order valence-electron chi connectivity index (χ4n) is 4.00. The first-order valence-corrected chi connectivity index (χ1v) is 11.4. The third kappa shape index (κ3) is 5.51. The van der Waals surface area contributed by atoms with E-state index >= 15 is 0 Å². The molecule has 2 amide bonds. The number of nitrogens with zero attached hydrogens (tertiary/aromatic N) is 3. The Balaban J connectivity index is 1.45. The molecule has 1 aliphatic heterocycles. The molecule has 1 aliphatic rings. The van der Waals surface area contributed by atoms with Crippen LogP contribution in [0.1, 0.15) is 41.4 Å². The first-order chi connectivity index (χ1) is 17.0. The van der Waals surface area contributed by atoms with Crippen LogP contribution in [-0.4, -0.2) is 48.5 Å². The summed E-state index contributed by atoms with van der Waals surface area (Å²) in [5.74, 6) is 1.11. The van der Waals surface area contributed by atoms with Crippen LogP contribution in [0.5, 0.6) is 11.5 Å². The average Bonchev–Trinajstić information content (AvgIpc) is 3.43. The highest BCUT2D eigenvalue weighted by molar-refractivity contribution is 6.06. The van der Waals surface area contributed by atoms with Crippen molar-refractivity contribution in [3.8, 4) is 11.5 Å². The van der Waals surface area contributed by atoms with Crippen molar-refractivity contribution < 1.29 is 23.6 Å². The van der Waals surface area contributed by atoms with E-state index in [9.17, 15) is 9.59 Å². The largest absolute Gasteiger partial charge is 0.493 e. The van der Waals surface area contributed by atoms with Gasteiger partial charge in [-0.1, -0.05) is 24.2 Å². The van der Waals surface area contributed by atoms with Crippen molar-refractivity contribution in [1.29, 1.82) is 0 Å². The van der Waals surface area contributed by atoms with E-state index in [2.05, 4.69) is 17.4 Å². The summed E-state index contributed by atoms with van der Waals surface area (Å²) in [6.07, 6.45) is 3.27. The van der Waals surface area contributed by atoms with Crippen LogP contribution in [0.3, 0.4) is 0 Å². The lowest BCUT2D eigenvalue weighted by atomic mass is 9.89. The smallest absolute Gasteiger partial charge is 0.294 e. The number of hydrazone groups is 1. The van der Waals surface area contributed by atoms with Gasteiger partial charge in [0.05, 0.1) is 26.1 Å². The molecule has 1 N–H and O–H groups in total. The van der Waals surface area contributed by atoms with Gasteiger partial charge in [0.25, 0.3) is 5.91 Å². The van der Waals surface area contributed by atoms with Crippen molar-refractivity contribution in [3.05, 3.63) is 71.6 Å². The van der Waals surface area contributed by atoms with Crippen LogP contribution < -0.4 is 14.8 Å². The summed E-state index contributed by atoms with van der Waals surface area (Å²) in [6, 6.07) is 14.7. The molecule has 0 aliphatic carbocycles. The molecule has 1 aromatic heterocycles. The third-order valence-corrected chi connectivity index (χ3v) is 5.98.